The van der Waals surface area contributed by atoms with Crippen LogP contribution >= 0.6 is 0 Å². The minimum atomic E-state index is -0.730. The molecule has 0 unspecified atom stereocenters. The van der Waals surface area contributed by atoms with Crippen LogP contribution in [-0.2, 0) is 9.47 Å². The van der Waals surface area contributed by atoms with Gasteiger partial charge in [0.2, 0.25) is 0 Å². The second kappa shape index (κ2) is 9.18. The van der Waals surface area contributed by atoms with E-state index in [1.807, 2.05) is 0 Å². The number of nitrogens with one attached hydrogen (secondary N) is 2. The van der Waals surface area contributed by atoms with Crippen LogP contribution in [0.15, 0.2) is 36.4 Å². The van der Waals surface area contributed by atoms with E-state index in [9.17, 15) is 14.4 Å². The lowest BCUT2D eigenvalue weighted by atomic mass is 10.1. The van der Waals surface area contributed by atoms with E-state index in [0.29, 0.717) is 5.56 Å². The van der Waals surface area contributed by atoms with Gasteiger partial charge in [0.1, 0.15) is 16.9 Å². The molecule has 2 aromatic rings. The number of hydrogen-bond donors (Lipinski definition) is 3. The second-order valence-electron chi connectivity index (χ2n) is 5.20. The number of nitrogens with zero attached hydrogens (tertiary/aromatic N) is 1. The van der Waals surface area contributed by atoms with E-state index in [-0.39, 0.29) is 36.0 Å². The van der Waals surface area contributed by atoms with Crippen LogP contribution in [0.2, 0.25) is 0 Å². The highest BCUT2D eigenvalue weighted by Gasteiger charge is 2.22. The van der Waals surface area contributed by atoms with Crippen LogP contribution in [0.4, 0.5) is 11.6 Å². The largest absolute Gasteiger partial charge is 0.462 e. The molecular formula is C18H20N4O5. The van der Waals surface area contributed by atoms with Gasteiger partial charge in [0.15, 0.2) is 5.82 Å². The number of rotatable bonds is 7. The minimum absolute atomic E-state index is 0.0525. The fraction of sp³-hybridized carbons (Fsp3) is 0.222. The van der Waals surface area contributed by atoms with Crippen molar-refractivity contribution < 1.29 is 23.9 Å². The number of anilines is 2. The number of amides is 1. The zero-order valence-corrected chi connectivity index (χ0v) is 14.9. The number of carbonyl (C=O) groups is 3. The molecule has 9 heteroatoms. The molecule has 9 nitrogen and oxygen atoms in total. The molecule has 27 heavy (non-hydrogen) atoms. The predicted molar refractivity (Wildman–Crippen MR) is 98.1 cm³/mol. The lowest BCUT2D eigenvalue weighted by Crippen LogP contribution is -2.31. The van der Waals surface area contributed by atoms with Crippen LogP contribution in [0.1, 0.15) is 44.9 Å². The van der Waals surface area contributed by atoms with Crippen LogP contribution < -0.4 is 16.6 Å². The first kappa shape index (κ1) is 19.7. The number of esters is 2. The van der Waals surface area contributed by atoms with Crippen molar-refractivity contribution in [2.45, 2.75) is 13.8 Å². The van der Waals surface area contributed by atoms with Gasteiger partial charge in [-0.25, -0.2) is 14.6 Å². The van der Waals surface area contributed by atoms with Crippen molar-refractivity contribution in [2.24, 2.45) is 0 Å². The molecule has 0 bridgehead atoms. The number of nitrogens with two attached hydrogens (primary N) is 1. The highest BCUT2D eigenvalue weighted by atomic mass is 16.5. The summed E-state index contributed by atoms with van der Waals surface area (Å²) < 4.78 is 9.87. The van der Waals surface area contributed by atoms with Crippen molar-refractivity contribution in [3.8, 4) is 0 Å². The molecule has 0 saturated carbocycles. The van der Waals surface area contributed by atoms with Crippen LogP contribution in [0.5, 0.6) is 0 Å². The highest BCUT2D eigenvalue weighted by molar-refractivity contribution is 6.02. The summed E-state index contributed by atoms with van der Waals surface area (Å²) in [4.78, 5) is 40.3. The average Bonchev–Trinajstić information content (AvgIpc) is 2.67. The summed E-state index contributed by atoms with van der Waals surface area (Å²) in [6, 6.07) is 9.66. The van der Waals surface area contributed by atoms with Gasteiger partial charge in [0, 0.05) is 5.56 Å². The van der Waals surface area contributed by atoms with Crippen molar-refractivity contribution in [2.75, 3.05) is 24.4 Å². The van der Waals surface area contributed by atoms with E-state index in [2.05, 4.69) is 15.8 Å². The van der Waals surface area contributed by atoms with Crippen molar-refractivity contribution in [3.05, 3.63) is 53.1 Å². The van der Waals surface area contributed by atoms with Crippen molar-refractivity contribution in [1.29, 1.82) is 0 Å². The summed E-state index contributed by atoms with van der Waals surface area (Å²) in [6.45, 7) is 3.54. The third-order valence-corrected chi connectivity index (χ3v) is 3.37. The van der Waals surface area contributed by atoms with E-state index in [0.717, 1.165) is 0 Å². The van der Waals surface area contributed by atoms with Gasteiger partial charge in [-0.2, -0.15) is 0 Å². The van der Waals surface area contributed by atoms with Gasteiger partial charge in [-0.1, -0.05) is 18.2 Å². The Hall–Kier alpha value is -3.62. The smallest absolute Gasteiger partial charge is 0.341 e. The number of hydrazine groups is 1. The van der Waals surface area contributed by atoms with E-state index in [4.69, 9.17) is 15.2 Å². The molecule has 0 radical (unpaired) electrons. The Bertz CT molecular complexity index is 839. The van der Waals surface area contributed by atoms with Crippen molar-refractivity contribution in [1.82, 2.24) is 10.4 Å². The molecule has 0 aliphatic heterocycles. The molecule has 0 spiro atoms. The Morgan fingerprint density at radius 1 is 1.00 bits per heavy atom. The van der Waals surface area contributed by atoms with Crippen LogP contribution in [-0.4, -0.2) is 36.0 Å². The summed E-state index contributed by atoms with van der Waals surface area (Å²) in [5, 5.41) is 0. The molecule has 1 heterocycles. The fourth-order valence-electron chi connectivity index (χ4n) is 2.14. The summed E-state index contributed by atoms with van der Waals surface area (Å²) in [5.41, 5.74) is 11.0. The van der Waals surface area contributed by atoms with Crippen LogP contribution in [0, 0.1) is 0 Å². The molecular weight excluding hydrogens is 352 g/mol. The summed E-state index contributed by atoms with van der Waals surface area (Å²) in [7, 11) is 0. The van der Waals surface area contributed by atoms with Gasteiger partial charge < -0.3 is 15.2 Å². The van der Waals surface area contributed by atoms with Crippen molar-refractivity contribution >= 4 is 29.5 Å². The SMILES string of the molecule is CCOC(=O)c1cc(C(=O)OCC)c(NNC(=O)c2ccccc2)nc1N. The normalized spacial score (nSPS) is 10.0. The lowest BCUT2D eigenvalue weighted by molar-refractivity contribution is 0.0525. The van der Waals surface area contributed by atoms with Crippen molar-refractivity contribution in [3.63, 3.8) is 0 Å². The van der Waals surface area contributed by atoms with E-state index < -0.39 is 17.8 Å². The summed E-state index contributed by atoms with van der Waals surface area (Å²) >= 11 is 0. The number of ether oxygens (including phenoxy) is 2. The first-order valence-corrected chi connectivity index (χ1v) is 8.24. The quantitative estimate of drug-likeness (QED) is 0.495. The standard InChI is InChI=1S/C18H20N4O5/c1-3-26-17(24)12-10-13(18(25)27-4-2)15(20-14(12)19)21-22-16(23)11-8-6-5-7-9-11/h5-10H,3-4H2,1-2H3,(H,22,23)(H3,19,20,21). The van der Waals surface area contributed by atoms with Crippen LogP contribution in [0.3, 0.4) is 0 Å². The monoisotopic (exact) mass is 372 g/mol. The van der Waals surface area contributed by atoms with Gasteiger partial charge in [0.05, 0.1) is 13.2 Å². The highest BCUT2D eigenvalue weighted by Crippen LogP contribution is 2.21. The number of hydrogen-bond acceptors (Lipinski definition) is 8. The summed E-state index contributed by atoms with van der Waals surface area (Å²) in [6.07, 6.45) is 0. The van der Waals surface area contributed by atoms with Gasteiger partial charge in [-0.15, -0.1) is 0 Å². The molecule has 0 atom stereocenters. The first-order valence-electron chi connectivity index (χ1n) is 8.24. The maximum absolute atomic E-state index is 12.2. The number of carbonyl (C=O) groups excluding carboxylic acids is 3. The third-order valence-electron chi connectivity index (χ3n) is 3.37. The fourth-order valence-corrected chi connectivity index (χ4v) is 2.14. The van der Waals surface area contributed by atoms with E-state index in [1.165, 1.54) is 6.07 Å². The predicted octanol–water partition coefficient (Wildman–Crippen LogP) is 1.77. The molecule has 142 valence electrons. The molecule has 1 amide bonds. The zero-order valence-electron chi connectivity index (χ0n) is 14.9. The maximum atomic E-state index is 12.2. The van der Waals surface area contributed by atoms with Gasteiger partial charge in [-0.3, -0.25) is 15.6 Å². The van der Waals surface area contributed by atoms with Gasteiger partial charge >= 0.3 is 11.9 Å². The lowest BCUT2D eigenvalue weighted by Gasteiger charge is -2.14. The Morgan fingerprint density at radius 3 is 2.19 bits per heavy atom. The molecule has 1 aromatic carbocycles. The van der Waals surface area contributed by atoms with Gasteiger partial charge in [0.25, 0.3) is 5.91 Å². The average molecular weight is 372 g/mol. The molecule has 0 aliphatic rings. The number of pyridine rings is 1. The third kappa shape index (κ3) is 4.94. The molecule has 1 aromatic heterocycles. The molecule has 2 rings (SSSR count). The summed E-state index contributed by atoms with van der Waals surface area (Å²) in [5.74, 6) is -2.10. The Kier molecular flexibility index (Phi) is 6.70. The van der Waals surface area contributed by atoms with Crippen LogP contribution in [0.25, 0.3) is 0 Å². The number of aromatic nitrogens is 1. The van der Waals surface area contributed by atoms with E-state index >= 15 is 0 Å². The molecule has 0 saturated heterocycles. The molecule has 4 N–H and O–H groups in total. The Morgan fingerprint density at radius 2 is 1.59 bits per heavy atom. The number of nitrogen functional groups attached to an aromatic ring is 1. The topological polar surface area (TPSA) is 133 Å². The minimum Gasteiger partial charge on any atom is -0.462 e. The molecule has 0 fully saturated rings. The first-order chi connectivity index (χ1) is 13.0. The zero-order chi connectivity index (χ0) is 19.8. The van der Waals surface area contributed by atoms with Gasteiger partial charge in [-0.05, 0) is 32.0 Å². The maximum Gasteiger partial charge on any atom is 0.341 e. The number of benzene rings is 1. The Balaban J connectivity index is 2.30. The second-order valence-corrected chi connectivity index (χ2v) is 5.20. The Labute approximate surface area is 155 Å². The molecule has 0 aliphatic carbocycles. The van der Waals surface area contributed by atoms with E-state index in [1.54, 1.807) is 44.2 Å².